The van der Waals surface area contributed by atoms with E-state index in [0.29, 0.717) is 18.1 Å². The highest BCUT2D eigenvalue weighted by Gasteiger charge is 2.30. The number of sulfone groups is 1. The maximum absolute atomic E-state index is 11.6. The van der Waals surface area contributed by atoms with Gasteiger partial charge >= 0.3 is 0 Å². The number of nitrogens with one attached hydrogen (secondary N) is 1. The fraction of sp³-hybridized carbons (Fsp3) is 1.00. The molecule has 19 heavy (non-hydrogen) atoms. The summed E-state index contributed by atoms with van der Waals surface area (Å²) in [5.41, 5.74) is 0. The molecule has 0 aromatic rings. The summed E-state index contributed by atoms with van der Waals surface area (Å²) in [7, 11) is -2.78. The second-order valence-corrected chi connectivity index (χ2v) is 8.93. The standard InChI is InChI=1S/C14H26N2O2S/c17-19(18)8-6-15-14(11-19)5-7-16(9-12-1-2-12)10-13-3-4-13/h12-15H,1-11H2. The minimum atomic E-state index is -2.78. The van der Waals surface area contributed by atoms with Gasteiger partial charge in [0.15, 0.2) is 9.84 Å². The summed E-state index contributed by atoms with van der Waals surface area (Å²) in [5.74, 6) is 2.52. The van der Waals surface area contributed by atoms with Crippen LogP contribution >= 0.6 is 0 Å². The first kappa shape index (κ1) is 13.8. The van der Waals surface area contributed by atoms with E-state index in [0.717, 1.165) is 24.8 Å². The molecule has 0 spiro atoms. The lowest BCUT2D eigenvalue weighted by Gasteiger charge is -2.28. The third-order valence-electron chi connectivity index (χ3n) is 4.52. The summed E-state index contributed by atoms with van der Waals surface area (Å²) in [4.78, 5) is 2.60. The Hall–Kier alpha value is -0.130. The molecule has 0 aromatic heterocycles. The molecule has 3 aliphatic rings. The molecule has 5 heteroatoms. The molecule has 1 N–H and O–H groups in total. The molecule has 0 aromatic carbocycles. The number of hydrogen-bond acceptors (Lipinski definition) is 4. The third-order valence-corrected chi connectivity index (χ3v) is 6.26. The van der Waals surface area contributed by atoms with Crippen molar-refractivity contribution in [2.45, 2.75) is 38.1 Å². The predicted molar refractivity (Wildman–Crippen MR) is 76.9 cm³/mol. The van der Waals surface area contributed by atoms with Crippen LogP contribution in [0.1, 0.15) is 32.1 Å². The molecule has 2 saturated carbocycles. The van der Waals surface area contributed by atoms with Gasteiger partial charge in [0.1, 0.15) is 0 Å². The largest absolute Gasteiger partial charge is 0.312 e. The van der Waals surface area contributed by atoms with E-state index < -0.39 is 9.84 Å². The van der Waals surface area contributed by atoms with Crippen molar-refractivity contribution in [3.8, 4) is 0 Å². The average molecular weight is 286 g/mol. The zero-order chi connectivity index (χ0) is 13.3. The number of rotatable bonds is 7. The summed E-state index contributed by atoms with van der Waals surface area (Å²) < 4.78 is 23.3. The Morgan fingerprint density at radius 1 is 1.05 bits per heavy atom. The molecule has 3 fully saturated rings. The van der Waals surface area contributed by atoms with E-state index in [9.17, 15) is 8.42 Å². The maximum Gasteiger partial charge on any atom is 0.153 e. The maximum atomic E-state index is 11.6. The Bertz CT molecular complexity index is 388. The minimum Gasteiger partial charge on any atom is -0.312 e. The van der Waals surface area contributed by atoms with Gasteiger partial charge in [-0.3, -0.25) is 0 Å². The smallest absolute Gasteiger partial charge is 0.153 e. The van der Waals surface area contributed by atoms with Crippen LogP contribution in [0.4, 0.5) is 0 Å². The lowest BCUT2D eigenvalue weighted by Crippen LogP contribution is -2.46. The molecule has 0 amide bonds. The van der Waals surface area contributed by atoms with Crippen LogP contribution in [0.5, 0.6) is 0 Å². The summed E-state index contributed by atoms with van der Waals surface area (Å²) in [6.45, 7) is 4.20. The first-order chi connectivity index (χ1) is 9.11. The van der Waals surface area contributed by atoms with E-state index in [2.05, 4.69) is 10.2 Å². The average Bonchev–Trinajstić information content (AvgIpc) is 3.20. The molecule has 0 radical (unpaired) electrons. The molecular formula is C14H26N2O2S. The quantitative estimate of drug-likeness (QED) is 0.755. The first-order valence-electron chi connectivity index (χ1n) is 7.77. The number of hydrogen-bond donors (Lipinski definition) is 1. The van der Waals surface area contributed by atoms with E-state index in [1.165, 1.54) is 38.8 Å². The lowest BCUT2D eigenvalue weighted by molar-refractivity contribution is 0.239. The van der Waals surface area contributed by atoms with E-state index in [-0.39, 0.29) is 6.04 Å². The molecule has 1 unspecified atom stereocenters. The van der Waals surface area contributed by atoms with Gasteiger partial charge in [-0.2, -0.15) is 0 Å². The summed E-state index contributed by atoms with van der Waals surface area (Å²) in [6, 6.07) is 0.180. The second kappa shape index (κ2) is 5.70. The Morgan fingerprint density at radius 2 is 1.68 bits per heavy atom. The van der Waals surface area contributed by atoms with E-state index in [1.54, 1.807) is 0 Å². The topological polar surface area (TPSA) is 49.4 Å². The van der Waals surface area contributed by atoms with Crippen LogP contribution in [0.25, 0.3) is 0 Å². The van der Waals surface area contributed by atoms with Gasteiger partial charge < -0.3 is 10.2 Å². The van der Waals surface area contributed by atoms with E-state index in [1.807, 2.05) is 0 Å². The highest BCUT2D eigenvalue weighted by molar-refractivity contribution is 7.91. The fourth-order valence-corrected chi connectivity index (χ4v) is 4.47. The van der Waals surface area contributed by atoms with E-state index in [4.69, 9.17) is 0 Å². The fourth-order valence-electron chi connectivity index (χ4n) is 2.98. The predicted octanol–water partition coefficient (Wildman–Crippen LogP) is 0.885. The van der Waals surface area contributed by atoms with Crippen LogP contribution in [-0.2, 0) is 9.84 Å². The van der Waals surface area contributed by atoms with Crippen LogP contribution in [0.2, 0.25) is 0 Å². The molecular weight excluding hydrogens is 260 g/mol. The Balaban J connectivity index is 1.44. The van der Waals surface area contributed by atoms with Gasteiger partial charge in [-0.15, -0.1) is 0 Å². The number of nitrogens with zero attached hydrogens (tertiary/aromatic N) is 1. The van der Waals surface area contributed by atoms with Crippen molar-refractivity contribution in [3.63, 3.8) is 0 Å². The Kier molecular flexibility index (Phi) is 4.15. The van der Waals surface area contributed by atoms with Gasteiger partial charge in [-0.25, -0.2) is 8.42 Å². The van der Waals surface area contributed by atoms with Crippen molar-refractivity contribution in [2.24, 2.45) is 11.8 Å². The van der Waals surface area contributed by atoms with Crippen molar-refractivity contribution < 1.29 is 8.42 Å². The summed E-state index contributed by atoms with van der Waals surface area (Å²) in [6.07, 6.45) is 6.58. The van der Waals surface area contributed by atoms with Crippen molar-refractivity contribution in [2.75, 3.05) is 37.7 Å². The first-order valence-corrected chi connectivity index (χ1v) is 9.59. The van der Waals surface area contributed by atoms with Gasteiger partial charge in [0, 0.05) is 25.7 Å². The second-order valence-electron chi connectivity index (χ2n) is 6.70. The van der Waals surface area contributed by atoms with Gasteiger partial charge in [-0.1, -0.05) is 0 Å². The van der Waals surface area contributed by atoms with Crippen molar-refractivity contribution in [3.05, 3.63) is 0 Å². The van der Waals surface area contributed by atoms with Crippen LogP contribution < -0.4 is 5.32 Å². The highest BCUT2D eigenvalue weighted by Crippen LogP contribution is 2.33. The van der Waals surface area contributed by atoms with Gasteiger partial charge in [0.2, 0.25) is 0 Å². The zero-order valence-electron chi connectivity index (χ0n) is 11.7. The minimum absolute atomic E-state index is 0.180. The van der Waals surface area contributed by atoms with Gasteiger partial charge in [0.05, 0.1) is 11.5 Å². The molecule has 1 heterocycles. The molecule has 1 atom stereocenters. The lowest BCUT2D eigenvalue weighted by atomic mass is 10.2. The van der Waals surface area contributed by atoms with Crippen molar-refractivity contribution >= 4 is 9.84 Å². The third kappa shape index (κ3) is 4.72. The summed E-state index contributed by atoms with van der Waals surface area (Å²) >= 11 is 0. The summed E-state index contributed by atoms with van der Waals surface area (Å²) in [5, 5.41) is 3.36. The van der Waals surface area contributed by atoms with Crippen LogP contribution in [0.3, 0.4) is 0 Å². The molecule has 1 aliphatic heterocycles. The van der Waals surface area contributed by atoms with E-state index >= 15 is 0 Å². The monoisotopic (exact) mass is 286 g/mol. The normalized spacial score (nSPS) is 30.7. The molecule has 0 bridgehead atoms. The van der Waals surface area contributed by atoms with Crippen LogP contribution in [-0.4, -0.2) is 57.0 Å². The Morgan fingerprint density at radius 3 is 2.21 bits per heavy atom. The van der Waals surface area contributed by atoms with Gasteiger partial charge in [0.25, 0.3) is 0 Å². The Labute approximate surface area is 116 Å². The van der Waals surface area contributed by atoms with Crippen LogP contribution in [0.15, 0.2) is 0 Å². The van der Waals surface area contributed by atoms with Crippen LogP contribution in [0, 0.1) is 11.8 Å². The molecule has 1 saturated heterocycles. The van der Waals surface area contributed by atoms with Gasteiger partial charge in [-0.05, 0) is 50.5 Å². The molecule has 2 aliphatic carbocycles. The molecule has 110 valence electrons. The highest BCUT2D eigenvalue weighted by atomic mass is 32.2. The molecule has 4 nitrogen and oxygen atoms in total. The molecule has 3 rings (SSSR count). The van der Waals surface area contributed by atoms with Crippen molar-refractivity contribution in [1.82, 2.24) is 10.2 Å². The SMILES string of the molecule is O=S1(=O)CCNC(CCN(CC2CC2)CC2CC2)C1. The van der Waals surface area contributed by atoms with Crippen molar-refractivity contribution in [1.29, 1.82) is 0 Å². The zero-order valence-corrected chi connectivity index (χ0v) is 12.5.